The van der Waals surface area contributed by atoms with Crippen LogP contribution in [0.1, 0.15) is 19.8 Å². The first-order chi connectivity index (χ1) is 13.9. The zero-order valence-corrected chi connectivity index (χ0v) is 18.5. The van der Waals surface area contributed by atoms with E-state index in [-0.39, 0.29) is 17.3 Å². The molecule has 1 unspecified atom stereocenters. The van der Waals surface area contributed by atoms with Crippen LogP contribution in [0, 0.1) is 11.6 Å². The average molecular weight is 475 g/mol. The largest absolute Gasteiger partial charge is 0.360 e. The number of nitrogens with zero attached hydrogens (tertiary/aromatic N) is 2. The highest BCUT2D eigenvalue weighted by molar-refractivity contribution is 7.89. The number of sulfonamides is 1. The monoisotopic (exact) mass is 474 g/mol. The fraction of sp³-hybridized carbons (Fsp3) is 0.263. The first-order valence-electron chi connectivity index (χ1n) is 8.97. The summed E-state index contributed by atoms with van der Waals surface area (Å²) in [6.07, 6.45) is 2.99. The standard InChI is InChI=1S/C19H20F2N4O2S2.ClH/c1-2-5-13(25-29(26,27)14-7-8-15(20)16(21)10-14)11-23-19-24-18(12-28-19)17-6-3-4-9-22-17;/h3-4,6-10,12-13,25H,2,5,11H2,1H3,(H,23,24);1H. The Balaban J connectivity index is 0.00000320. The highest BCUT2D eigenvalue weighted by Gasteiger charge is 2.21. The predicted molar refractivity (Wildman–Crippen MR) is 116 cm³/mol. The number of thiazole rings is 1. The Morgan fingerprint density at radius 2 is 1.93 bits per heavy atom. The number of rotatable bonds is 9. The van der Waals surface area contributed by atoms with E-state index in [4.69, 9.17) is 0 Å². The topological polar surface area (TPSA) is 84.0 Å². The molecule has 162 valence electrons. The Labute approximate surface area is 184 Å². The van der Waals surface area contributed by atoms with Crippen LogP contribution in [-0.4, -0.2) is 31.0 Å². The van der Waals surface area contributed by atoms with Crippen molar-refractivity contribution in [3.63, 3.8) is 0 Å². The van der Waals surface area contributed by atoms with Gasteiger partial charge in [0.05, 0.1) is 10.6 Å². The average Bonchev–Trinajstić information content (AvgIpc) is 3.18. The summed E-state index contributed by atoms with van der Waals surface area (Å²) in [7, 11) is -3.99. The van der Waals surface area contributed by atoms with Gasteiger partial charge < -0.3 is 5.32 Å². The van der Waals surface area contributed by atoms with Crippen molar-refractivity contribution in [2.75, 3.05) is 11.9 Å². The van der Waals surface area contributed by atoms with Gasteiger partial charge in [0.15, 0.2) is 16.8 Å². The van der Waals surface area contributed by atoms with Gasteiger partial charge in [0.25, 0.3) is 0 Å². The van der Waals surface area contributed by atoms with Gasteiger partial charge in [0, 0.05) is 24.2 Å². The van der Waals surface area contributed by atoms with E-state index in [9.17, 15) is 17.2 Å². The van der Waals surface area contributed by atoms with E-state index >= 15 is 0 Å². The molecule has 0 spiro atoms. The quantitative estimate of drug-likeness (QED) is 0.478. The Bertz CT molecular complexity index is 1070. The summed E-state index contributed by atoms with van der Waals surface area (Å²) in [6.45, 7) is 2.23. The molecule has 0 radical (unpaired) electrons. The fourth-order valence-corrected chi connectivity index (χ4v) is 4.68. The van der Waals surface area contributed by atoms with Gasteiger partial charge in [-0.3, -0.25) is 4.98 Å². The molecule has 0 amide bonds. The number of nitrogens with one attached hydrogen (secondary N) is 2. The molecule has 30 heavy (non-hydrogen) atoms. The van der Waals surface area contributed by atoms with Crippen molar-refractivity contribution in [1.29, 1.82) is 0 Å². The molecule has 11 heteroatoms. The summed E-state index contributed by atoms with van der Waals surface area (Å²) in [5.41, 5.74) is 1.48. The number of benzene rings is 1. The number of pyridine rings is 1. The minimum Gasteiger partial charge on any atom is -0.360 e. The molecular formula is C19H21ClF2N4O2S2. The van der Waals surface area contributed by atoms with Crippen molar-refractivity contribution >= 4 is 38.9 Å². The molecule has 0 bridgehead atoms. The minimum atomic E-state index is -3.99. The molecule has 2 heterocycles. The molecular weight excluding hydrogens is 454 g/mol. The molecule has 0 aliphatic carbocycles. The first kappa shape index (κ1) is 24.1. The van der Waals surface area contributed by atoms with Crippen molar-refractivity contribution in [2.24, 2.45) is 0 Å². The number of halogens is 3. The number of hydrogen-bond acceptors (Lipinski definition) is 6. The highest BCUT2D eigenvalue weighted by atomic mass is 35.5. The van der Waals surface area contributed by atoms with Gasteiger partial charge in [0.1, 0.15) is 5.69 Å². The van der Waals surface area contributed by atoms with E-state index < -0.39 is 27.7 Å². The maximum atomic E-state index is 13.4. The number of aromatic nitrogens is 2. The van der Waals surface area contributed by atoms with Crippen LogP contribution in [0.4, 0.5) is 13.9 Å². The van der Waals surface area contributed by atoms with E-state index in [1.807, 2.05) is 30.5 Å². The maximum absolute atomic E-state index is 13.4. The third-order valence-corrected chi connectivity index (χ3v) is 6.41. The van der Waals surface area contributed by atoms with E-state index in [1.165, 1.54) is 11.3 Å². The van der Waals surface area contributed by atoms with Crippen molar-refractivity contribution in [1.82, 2.24) is 14.7 Å². The molecule has 0 saturated carbocycles. The number of hydrogen-bond donors (Lipinski definition) is 2. The third kappa shape index (κ3) is 6.18. The van der Waals surface area contributed by atoms with Gasteiger partial charge in [-0.25, -0.2) is 26.9 Å². The van der Waals surface area contributed by atoms with Gasteiger partial charge in [-0.1, -0.05) is 19.4 Å². The Morgan fingerprint density at radius 3 is 2.60 bits per heavy atom. The smallest absolute Gasteiger partial charge is 0.240 e. The molecule has 3 rings (SSSR count). The van der Waals surface area contributed by atoms with Crippen LogP contribution in [0.25, 0.3) is 11.4 Å². The van der Waals surface area contributed by atoms with Crippen LogP contribution in [0.5, 0.6) is 0 Å². The SMILES string of the molecule is CCCC(CNc1nc(-c2ccccn2)cs1)NS(=O)(=O)c1ccc(F)c(F)c1.Cl. The molecule has 0 fully saturated rings. The molecule has 0 aliphatic rings. The lowest BCUT2D eigenvalue weighted by Crippen LogP contribution is -2.39. The fourth-order valence-electron chi connectivity index (χ4n) is 2.68. The van der Waals surface area contributed by atoms with E-state index in [0.717, 1.165) is 29.9 Å². The predicted octanol–water partition coefficient (Wildman–Crippen LogP) is 4.46. The minimum absolute atomic E-state index is 0. The van der Waals surface area contributed by atoms with Crippen molar-refractivity contribution in [3.05, 3.63) is 59.6 Å². The summed E-state index contributed by atoms with van der Waals surface area (Å²) in [4.78, 5) is 8.40. The summed E-state index contributed by atoms with van der Waals surface area (Å²) < 4.78 is 54.1. The summed E-state index contributed by atoms with van der Waals surface area (Å²) >= 11 is 1.39. The lowest BCUT2D eigenvalue weighted by Gasteiger charge is -2.18. The van der Waals surface area contributed by atoms with Gasteiger partial charge >= 0.3 is 0 Å². The molecule has 0 aliphatic heterocycles. The van der Waals surface area contributed by atoms with E-state index in [1.54, 1.807) is 6.20 Å². The molecule has 6 nitrogen and oxygen atoms in total. The Morgan fingerprint density at radius 1 is 1.13 bits per heavy atom. The zero-order chi connectivity index (χ0) is 20.9. The zero-order valence-electron chi connectivity index (χ0n) is 16.0. The van der Waals surface area contributed by atoms with Crippen LogP contribution in [0.15, 0.2) is 52.9 Å². The van der Waals surface area contributed by atoms with Gasteiger partial charge in [-0.05, 0) is 36.8 Å². The van der Waals surface area contributed by atoms with Crippen molar-refractivity contribution in [2.45, 2.75) is 30.7 Å². The van der Waals surface area contributed by atoms with Crippen LogP contribution in [0.2, 0.25) is 0 Å². The summed E-state index contributed by atoms with van der Waals surface area (Å²) in [5, 5.41) is 5.64. The van der Waals surface area contributed by atoms with Gasteiger partial charge in [-0.15, -0.1) is 23.7 Å². The first-order valence-corrected chi connectivity index (χ1v) is 11.3. The summed E-state index contributed by atoms with van der Waals surface area (Å²) in [5.74, 6) is -2.30. The molecule has 0 saturated heterocycles. The van der Waals surface area contributed by atoms with Gasteiger partial charge in [-0.2, -0.15) is 0 Å². The lowest BCUT2D eigenvalue weighted by atomic mass is 10.2. The van der Waals surface area contributed by atoms with Crippen LogP contribution in [-0.2, 0) is 10.0 Å². The molecule has 2 aromatic heterocycles. The lowest BCUT2D eigenvalue weighted by molar-refractivity contribution is 0.502. The Kier molecular flexibility index (Phi) is 8.65. The van der Waals surface area contributed by atoms with Crippen LogP contribution >= 0.6 is 23.7 Å². The van der Waals surface area contributed by atoms with E-state index in [2.05, 4.69) is 20.0 Å². The van der Waals surface area contributed by atoms with Crippen molar-refractivity contribution in [3.8, 4) is 11.4 Å². The normalized spacial score (nSPS) is 12.2. The maximum Gasteiger partial charge on any atom is 0.240 e. The molecule has 1 atom stereocenters. The van der Waals surface area contributed by atoms with Crippen LogP contribution in [0.3, 0.4) is 0 Å². The molecule has 1 aromatic carbocycles. The highest BCUT2D eigenvalue weighted by Crippen LogP contribution is 2.23. The summed E-state index contributed by atoms with van der Waals surface area (Å²) in [6, 6.07) is 7.62. The third-order valence-electron chi connectivity index (χ3n) is 4.09. The number of anilines is 1. The Hall–Kier alpha value is -2.14. The van der Waals surface area contributed by atoms with Crippen molar-refractivity contribution < 1.29 is 17.2 Å². The van der Waals surface area contributed by atoms with E-state index in [0.29, 0.717) is 24.2 Å². The second-order valence-electron chi connectivity index (χ2n) is 6.32. The second kappa shape index (κ2) is 10.8. The molecule has 3 aromatic rings. The second-order valence-corrected chi connectivity index (χ2v) is 8.89. The van der Waals surface area contributed by atoms with Gasteiger partial charge in [0.2, 0.25) is 10.0 Å². The molecule has 2 N–H and O–H groups in total. The van der Waals surface area contributed by atoms with Crippen LogP contribution < -0.4 is 10.0 Å².